The lowest BCUT2D eigenvalue weighted by atomic mass is 10.1. The summed E-state index contributed by atoms with van der Waals surface area (Å²) in [6, 6.07) is 15.6. The number of hydrogen-bond acceptors (Lipinski definition) is 5. The summed E-state index contributed by atoms with van der Waals surface area (Å²) in [7, 11) is 1.62. The fraction of sp³-hybridized carbons (Fsp3) is 0.211. The Balaban J connectivity index is 1.49. The average Bonchev–Trinajstić information content (AvgIpc) is 3.14. The Morgan fingerprint density at radius 1 is 1.23 bits per heavy atom. The minimum atomic E-state index is -0.0699. The molecule has 134 valence electrons. The van der Waals surface area contributed by atoms with Crippen LogP contribution in [0.4, 0.5) is 0 Å². The Kier molecular flexibility index (Phi) is 5.91. The summed E-state index contributed by atoms with van der Waals surface area (Å²) >= 11 is 1.30. The second-order valence-corrected chi connectivity index (χ2v) is 6.69. The lowest BCUT2D eigenvalue weighted by molar-refractivity contribution is -0.118. The number of benzene rings is 2. The predicted molar refractivity (Wildman–Crippen MR) is 102 cm³/mol. The van der Waals surface area contributed by atoms with E-state index in [1.807, 2.05) is 55.5 Å². The maximum atomic E-state index is 12.0. The van der Waals surface area contributed by atoms with E-state index in [2.05, 4.69) is 20.5 Å². The van der Waals surface area contributed by atoms with Crippen molar-refractivity contribution in [3.8, 4) is 17.1 Å². The molecular formula is C19H20N4O2S. The van der Waals surface area contributed by atoms with Gasteiger partial charge in [-0.2, -0.15) is 0 Å². The van der Waals surface area contributed by atoms with Gasteiger partial charge < -0.3 is 10.1 Å². The second-order valence-electron chi connectivity index (χ2n) is 5.75. The van der Waals surface area contributed by atoms with Gasteiger partial charge in [0.15, 0.2) is 5.82 Å². The quantitative estimate of drug-likeness (QED) is 0.626. The molecule has 0 unspecified atom stereocenters. The standard InChI is InChI=1S/C19H20N4O2S/c1-13-6-8-15(9-7-13)18-21-19(23-22-18)26-12-17(24)20-11-14-4-3-5-16(10-14)25-2/h3-10H,11-12H2,1-2H3,(H,20,24)(H,21,22,23). The van der Waals surface area contributed by atoms with Crippen LogP contribution < -0.4 is 10.1 Å². The Hall–Kier alpha value is -2.80. The van der Waals surface area contributed by atoms with Crippen LogP contribution >= 0.6 is 11.8 Å². The van der Waals surface area contributed by atoms with E-state index in [1.54, 1.807) is 7.11 Å². The molecule has 0 saturated carbocycles. The summed E-state index contributed by atoms with van der Waals surface area (Å²) in [6.07, 6.45) is 0. The number of aryl methyl sites for hydroxylation is 1. The maximum absolute atomic E-state index is 12.0. The SMILES string of the molecule is COc1cccc(CNC(=O)CSc2n[nH]c(-c3ccc(C)cc3)n2)c1. The molecule has 1 amide bonds. The highest BCUT2D eigenvalue weighted by Crippen LogP contribution is 2.19. The van der Waals surface area contributed by atoms with Crippen LogP contribution in [0.3, 0.4) is 0 Å². The van der Waals surface area contributed by atoms with Crippen LogP contribution in [-0.2, 0) is 11.3 Å². The number of rotatable bonds is 7. The topological polar surface area (TPSA) is 79.9 Å². The number of methoxy groups -OCH3 is 1. The number of thioether (sulfide) groups is 1. The van der Waals surface area contributed by atoms with Crippen molar-refractivity contribution >= 4 is 17.7 Å². The Bertz CT molecular complexity index is 877. The molecule has 6 nitrogen and oxygen atoms in total. The van der Waals surface area contributed by atoms with E-state index < -0.39 is 0 Å². The van der Waals surface area contributed by atoms with Crippen molar-refractivity contribution in [1.29, 1.82) is 0 Å². The van der Waals surface area contributed by atoms with Gasteiger partial charge in [0, 0.05) is 12.1 Å². The molecule has 0 fully saturated rings. The Morgan fingerprint density at radius 3 is 2.81 bits per heavy atom. The van der Waals surface area contributed by atoms with Gasteiger partial charge >= 0.3 is 0 Å². The molecule has 0 radical (unpaired) electrons. The van der Waals surface area contributed by atoms with Gasteiger partial charge in [-0.1, -0.05) is 53.7 Å². The highest BCUT2D eigenvalue weighted by molar-refractivity contribution is 7.99. The summed E-state index contributed by atoms with van der Waals surface area (Å²) in [4.78, 5) is 16.5. The largest absolute Gasteiger partial charge is 0.497 e. The zero-order chi connectivity index (χ0) is 18.4. The molecule has 0 aliphatic rings. The number of carbonyl (C=O) groups is 1. The number of amides is 1. The van der Waals surface area contributed by atoms with Crippen molar-refractivity contribution in [1.82, 2.24) is 20.5 Å². The van der Waals surface area contributed by atoms with Gasteiger partial charge in [0.1, 0.15) is 5.75 Å². The number of aromatic amines is 1. The van der Waals surface area contributed by atoms with Gasteiger partial charge in [0.25, 0.3) is 0 Å². The van der Waals surface area contributed by atoms with Crippen LogP contribution in [0.5, 0.6) is 5.75 Å². The van der Waals surface area contributed by atoms with Gasteiger partial charge in [0.2, 0.25) is 11.1 Å². The summed E-state index contributed by atoms with van der Waals surface area (Å²) in [5, 5.41) is 10.5. The van der Waals surface area contributed by atoms with E-state index in [1.165, 1.54) is 17.3 Å². The zero-order valence-electron chi connectivity index (χ0n) is 14.7. The highest BCUT2D eigenvalue weighted by Gasteiger charge is 2.09. The zero-order valence-corrected chi connectivity index (χ0v) is 15.5. The fourth-order valence-corrected chi connectivity index (χ4v) is 2.94. The van der Waals surface area contributed by atoms with Crippen molar-refractivity contribution in [3.05, 3.63) is 59.7 Å². The summed E-state index contributed by atoms with van der Waals surface area (Å²) in [5.41, 5.74) is 3.15. The van der Waals surface area contributed by atoms with Crippen LogP contribution in [0.1, 0.15) is 11.1 Å². The Labute approximate surface area is 156 Å². The van der Waals surface area contributed by atoms with E-state index in [0.29, 0.717) is 17.5 Å². The molecule has 0 spiro atoms. The first-order chi connectivity index (χ1) is 12.6. The molecule has 0 bridgehead atoms. The van der Waals surface area contributed by atoms with Crippen molar-refractivity contribution in [2.24, 2.45) is 0 Å². The van der Waals surface area contributed by atoms with Crippen LogP contribution in [0, 0.1) is 6.92 Å². The number of carbonyl (C=O) groups excluding carboxylic acids is 1. The summed E-state index contributed by atoms with van der Waals surface area (Å²) < 4.78 is 5.18. The molecule has 26 heavy (non-hydrogen) atoms. The first-order valence-electron chi connectivity index (χ1n) is 8.16. The van der Waals surface area contributed by atoms with E-state index in [9.17, 15) is 4.79 Å². The van der Waals surface area contributed by atoms with Crippen LogP contribution in [0.2, 0.25) is 0 Å². The number of nitrogens with zero attached hydrogens (tertiary/aromatic N) is 2. The molecule has 0 saturated heterocycles. The third-order valence-electron chi connectivity index (χ3n) is 3.75. The molecule has 0 aliphatic heterocycles. The summed E-state index contributed by atoms with van der Waals surface area (Å²) in [6.45, 7) is 2.49. The third-order valence-corrected chi connectivity index (χ3v) is 4.59. The molecule has 3 rings (SSSR count). The van der Waals surface area contributed by atoms with E-state index >= 15 is 0 Å². The summed E-state index contributed by atoms with van der Waals surface area (Å²) in [5.74, 6) is 1.66. The molecular weight excluding hydrogens is 348 g/mol. The van der Waals surface area contributed by atoms with E-state index in [0.717, 1.165) is 16.9 Å². The van der Waals surface area contributed by atoms with Crippen LogP contribution in [-0.4, -0.2) is 34.0 Å². The molecule has 2 N–H and O–H groups in total. The molecule has 3 aromatic rings. The molecule has 1 heterocycles. The van der Waals surface area contributed by atoms with Crippen molar-refractivity contribution in [3.63, 3.8) is 0 Å². The second kappa shape index (κ2) is 8.53. The highest BCUT2D eigenvalue weighted by atomic mass is 32.2. The minimum absolute atomic E-state index is 0.0699. The molecule has 7 heteroatoms. The molecule has 2 aromatic carbocycles. The first-order valence-corrected chi connectivity index (χ1v) is 9.14. The lowest BCUT2D eigenvalue weighted by Gasteiger charge is -2.06. The smallest absolute Gasteiger partial charge is 0.230 e. The third kappa shape index (κ3) is 4.86. The number of nitrogens with one attached hydrogen (secondary N) is 2. The average molecular weight is 368 g/mol. The number of hydrogen-bond donors (Lipinski definition) is 2. The van der Waals surface area contributed by atoms with Crippen LogP contribution in [0.15, 0.2) is 53.7 Å². The van der Waals surface area contributed by atoms with E-state index in [4.69, 9.17) is 4.74 Å². The number of aromatic nitrogens is 3. The normalized spacial score (nSPS) is 10.5. The van der Waals surface area contributed by atoms with Gasteiger partial charge in [0.05, 0.1) is 12.9 Å². The van der Waals surface area contributed by atoms with Crippen molar-refractivity contribution < 1.29 is 9.53 Å². The van der Waals surface area contributed by atoms with Crippen molar-refractivity contribution in [2.45, 2.75) is 18.6 Å². The number of ether oxygens (including phenoxy) is 1. The van der Waals surface area contributed by atoms with Gasteiger partial charge in [-0.05, 0) is 24.6 Å². The Morgan fingerprint density at radius 2 is 2.04 bits per heavy atom. The minimum Gasteiger partial charge on any atom is -0.497 e. The van der Waals surface area contributed by atoms with E-state index in [-0.39, 0.29) is 11.7 Å². The van der Waals surface area contributed by atoms with Gasteiger partial charge in [-0.3, -0.25) is 9.89 Å². The van der Waals surface area contributed by atoms with Gasteiger partial charge in [-0.15, -0.1) is 5.10 Å². The number of H-pyrrole nitrogens is 1. The molecule has 0 atom stereocenters. The van der Waals surface area contributed by atoms with Gasteiger partial charge in [-0.25, -0.2) is 4.98 Å². The first kappa shape index (κ1) is 18.0. The maximum Gasteiger partial charge on any atom is 0.230 e. The van der Waals surface area contributed by atoms with Crippen LogP contribution in [0.25, 0.3) is 11.4 Å². The monoisotopic (exact) mass is 368 g/mol. The lowest BCUT2D eigenvalue weighted by Crippen LogP contribution is -2.24. The molecule has 1 aromatic heterocycles. The van der Waals surface area contributed by atoms with Crippen molar-refractivity contribution in [2.75, 3.05) is 12.9 Å². The fourth-order valence-electron chi connectivity index (χ4n) is 2.32. The predicted octanol–water partition coefficient (Wildman–Crippen LogP) is 3.20. The molecule has 0 aliphatic carbocycles.